The lowest BCUT2D eigenvalue weighted by Crippen LogP contribution is -2.18. The maximum absolute atomic E-state index is 12.1. The fourth-order valence-electron chi connectivity index (χ4n) is 1.77. The first-order valence-electron chi connectivity index (χ1n) is 6.99. The number of aryl methyl sites for hydroxylation is 1. The van der Waals surface area contributed by atoms with Crippen molar-refractivity contribution in [2.24, 2.45) is 0 Å². The summed E-state index contributed by atoms with van der Waals surface area (Å²) in [5, 5.41) is 23.0. The average molecular weight is 317 g/mol. The number of nitrogens with one attached hydrogen (secondary N) is 2. The molecule has 0 bridgehead atoms. The number of nitriles is 1. The summed E-state index contributed by atoms with van der Waals surface area (Å²) in [6, 6.07) is 7.12. The van der Waals surface area contributed by atoms with Crippen LogP contribution in [0.25, 0.3) is 0 Å². The number of carbonyl (C=O) groups is 2. The molecule has 23 heavy (non-hydrogen) atoms. The van der Waals surface area contributed by atoms with Crippen molar-refractivity contribution in [2.45, 2.75) is 19.8 Å². The lowest BCUT2D eigenvalue weighted by Gasteiger charge is -2.10. The third-order valence-electron chi connectivity index (χ3n) is 2.93. The summed E-state index contributed by atoms with van der Waals surface area (Å²) in [6.07, 6.45) is 1.70. The van der Waals surface area contributed by atoms with Crippen LogP contribution in [0, 0.1) is 18.3 Å². The van der Waals surface area contributed by atoms with Crippen molar-refractivity contribution in [3.8, 4) is 11.8 Å². The van der Waals surface area contributed by atoms with E-state index < -0.39 is 11.9 Å². The number of aliphatic carboxylic acids is 1. The number of rotatable bonds is 8. The number of benzene rings is 1. The Labute approximate surface area is 134 Å². The molecule has 0 aliphatic rings. The van der Waals surface area contributed by atoms with Crippen LogP contribution in [0.15, 0.2) is 30.0 Å². The second-order valence-corrected chi connectivity index (χ2v) is 4.78. The van der Waals surface area contributed by atoms with Gasteiger partial charge in [-0.15, -0.1) is 0 Å². The highest BCUT2D eigenvalue weighted by molar-refractivity contribution is 6.07. The van der Waals surface area contributed by atoms with Gasteiger partial charge in [-0.05, 0) is 31.0 Å². The lowest BCUT2D eigenvalue weighted by molar-refractivity contribution is -0.137. The summed E-state index contributed by atoms with van der Waals surface area (Å²) in [7, 11) is 1.49. The van der Waals surface area contributed by atoms with E-state index in [0.29, 0.717) is 24.4 Å². The van der Waals surface area contributed by atoms with E-state index in [1.165, 1.54) is 13.3 Å². The molecule has 7 heteroatoms. The van der Waals surface area contributed by atoms with Crippen molar-refractivity contribution in [3.63, 3.8) is 0 Å². The van der Waals surface area contributed by atoms with E-state index in [0.717, 1.165) is 5.56 Å². The van der Waals surface area contributed by atoms with Crippen molar-refractivity contribution >= 4 is 17.6 Å². The number of anilines is 1. The molecule has 0 aromatic heterocycles. The fourth-order valence-corrected chi connectivity index (χ4v) is 1.77. The Kier molecular flexibility index (Phi) is 7.14. The minimum atomic E-state index is -0.888. The van der Waals surface area contributed by atoms with Crippen molar-refractivity contribution in [1.82, 2.24) is 5.32 Å². The van der Waals surface area contributed by atoms with Crippen LogP contribution in [-0.4, -0.2) is 30.6 Å². The maximum Gasteiger partial charge on any atom is 0.303 e. The van der Waals surface area contributed by atoms with Gasteiger partial charge in [0.2, 0.25) is 0 Å². The van der Waals surface area contributed by atoms with Crippen LogP contribution in [0.4, 0.5) is 5.69 Å². The van der Waals surface area contributed by atoms with Gasteiger partial charge in [0.25, 0.3) is 5.91 Å². The molecule has 1 aromatic carbocycles. The lowest BCUT2D eigenvalue weighted by atomic mass is 10.2. The molecule has 0 fully saturated rings. The standard InChI is InChI=1S/C16H19N3O4/c1-11-5-6-14(23-2)13(8-11)19-16(22)12(9-17)10-18-7-3-4-15(20)21/h5-6,8,10,18H,3-4,7H2,1-2H3,(H,19,22)(H,20,21)/b12-10-. The Bertz CT molecular complexity index is 647. The van der Waals surface area contributed by atoms with Gasteiger partial charge in [-0.1, -0.05) is 6.07 Å². The average Bonchev–Trinajstić information content (AvgIpc) is 2.50. The molecule has 0 atom stereocenters. The van der Waals surface area contributed by atoms with Gasteiger partial charge in [0.15, 0.2) is 0 Å². The first kappa shape index (κ1) is 18.0. The molecule has 0 spiro atoms. The van der Waals surface area contributed by atoms with Crippen LogP contribution in [0.2, 0.25) is 0 Å². The monoisotopic (exact) mass is 317 g/mol. The summed E-state index contributed by atoms with van der Waals surface area (Å²) in [5.74, 6) is -0.960. The van der Waals surface area contributed by atoms with Gasteiger partial charge in [0, 0.05) is 19.2 Å². The molecular formula is C16H19N3O4. The Morgan fingerprint density at radius 3 is 2.78 bits per heavy atom. The first-order valence-corrected chi connectivity index (χ1v) is 6.99. The number of methoxy groups -OCH3 is 1. The number of ether oxygens (including phenoxy) is 1. The number of carboxylic acid groups (broad SMARTS) is 1. The van der Waals surface area contributed by atoms with E-state index in [1.807, 2.05) is 13.0 Å². The second-order valence-electron chi connectivity index (χ2n) is 4.78. The summed E-state index contributed by atoms with van der Waals surface area (Å²) in [4.78, 5) is 22.5. The zero-order valence-corrected chi connectivity index (χ0v) is 13.0. The molecule has 3 N–H and O–H groups in total. The van der Waals surface area contributed by atoms with E-state index in [9.17, 15) is 9.59 Å². The van der Waals surface area contributed by atoms with Gasteiger partial charge in [-0.3, -0.25) is 9.59 Å². The summed E-state index contributed by atoms with van der Waals surface area (Å²) in [5.41, 5.74) is 1.31. The number of amides is 1. The molecule has 0 aliphatic carbocycles. The molecule has 0 saturated carbocycles. The molecule has 122 valence electrons. The van der Waals surface area contributed by atoms with Gasteiger partial charge in [0.1, 0.15) is 17.4 Å². The summed E-state index contributed by atoms with van der Waals surface area (Å²) in [6.45, 7) is 2.23. The predicted molar refractivity (Wildman–Crippen MR) is 84.9 cm³/mol. The smallest absolute Gasteiger partial charge is 0.303 e. The highest BCUT2D eigenvalue weighted by Gasteiger charge is 2.12. The highest BCUT2D eigenvalue weighted by atomic mass is 16.5. The van der Waals surface area contributed by atoms with E-state index in [2.05, 4.69) is 10.6 Å². The SMILES string of the molecule is COc1ccc(C)cc1NC(=O)/C(C#N)=C\NCCCC(=O)O. The molecule has 1 amide bonds. The van der Waals surface area contributed by atoms with E-state index in [1.54, 1.807) is 18.2 Å². The molecule has 0 unspecified atom stereocenters. The zero-order chi connectivity index (χ0) is 17.2. The molecule has 0 saturated heterocycles. The molecule has 1 rings (SSSR count). The number of nitrogens with zero attached hydrogens (tertiary/aromatic N) is 1. The Hall–Kier alpha value is -3.01. The molecule has 0 radical (unpaired) electrons. The van der Waals surface area contributed by atoms with E-state index in [-0.39, 0.29) is 12.0 Å². The normalized spacial score (nSPS) is 10.6. The van der Waals surface area contributed by atoms with Crippen LogP contribution < -0.4 is 15.4 Å². The number of carbonyl (C=O) groups excluding carboxylic acids is 1. The number of hydrogen-bond donors (Lipinski definition) is 3. The Balaban J connectivity index is 2.69. The largest absolute Gasteiger partial charge is 0.495 e. The van der Waals surface area contributed by atoms with Crippen molar-refractivity contribution < 1.29 is 19.4 Å². The molecular weight excluding hydrogens is 298 g/mol. The van der Waals surface area contributed by atoms with Crippen molar-refractivity contribution in [1.29, 1.82) is 5.26 Å². The van der Waals surface area contributed by atoms with Gasteiger partial charge in [-0.25, -0.2) is 0 Å². The molecule has 7 nitrogen and oxygen atoms in total. The van der Waals surface area contributed by atoms with Crippen molar-refractivity contribution in [3.05, 3.63) is 35.5 Å². The number of hydrogen-bond acceptors (Lipinski definition) is 5. The number of carboxylic acids is 1. The minimum absolute atomic E-state index is 0.0232. The van der Waals surface area contributed by atoms with Crippen molar-refractivity contribution in [2.75, 3.05) is 19.0 Å². The summed E-state index contributed by atoms with van der Waals surface area (Å²) >= 11 is 0. The third-order valence-corrected chi connectivity index (χ3v) is 2.93. The first-order chi connectivity index (χ1) is 11.0. The zero-order valence-electron chi connectivity index (χ0n) is 13.0. The van der Waals surface area contributed by atoms with E-state index >= 15 is 0 Å². The molecule has 1 aromatic rings. The van der Waals surface area contributed by atoms with E-state index in [4.69, 9.17) is 15.1 Å². The third kappa shape index (κ3) is 6.09. The van der Waals surface area contributed by atoms with Gasteiger partial charge >= 0.3 is 5.97 Å². The topological polar surface area (TPSA) is 111 Å². The minimum Gasteiger partial charge on any atom is -0.495 e. The predicted octanol–water partition coefficient (Wildman–Crippen LogP) is 1.80. The quantitative estimate of drug-likeness (QED) is 0.383. The van der Waals surface area contributed by atoms with Crippen LogP contribution in [0.1, 0.15) is 18.4 Å². The maximum atomic E-state index is 12.1. The molecule has 0 heterocycles. The van der Waals surface area contributed by atoms with Gasteiger partial charge < -0.3 is 20.5 Å². The highest BCUT2D eigenvalue weighted by Crippen LogP contribution is 2.25. The Morgan fingerprint density at radius 2 is 2.17 bits per heavy atom. The van der Waals surface area contributed by atoms with Crippen LogP contribution in [0.5, 0.6) is 5.75 Å². The van der Waals surface area contributed by atoms with Gasteiger partial charge in [-0.2, -0.15) is 5.26 Å². The second kappa shape index (κ2) is 9.10. The Morgan fingerprint density at radius 1 is 1.43 bits per heavy atom. The molecule has 0 aliphatic heterocycles. The summed E-state index contributed by atoms with van der Waals surface area (Å²) < 4.78 is 5.16. The van der Waals surface area contributed by atoms with Gasteiger partial charge in [0.05, 0.1) is 12.8 Å². The van der Waals surface area contributed by atoms with Crippen LogP contribution in [0.3, 0.4) is 0 Å². The van der Waals surface area contributed by atoms with Crippen LogP contribution >= 0.6 is 0 Å². The fraction of sp³-hybridized carbons (Fsp3) is 0.312. The van der Waals surface area contributed by atoms with Crippen LogP contribution in [-0.2, 0) is 9.59 Å².